The normalized spacial score (nSPS) is 16.3. The lowest BCUT2D eigenvalue weighted by molar-refractivity contribution is -0.493. The van der Waals surface area contributed by atoms with E-state index in [0.29, 0.717) is 0 Å². The predicted octanol–water partition coefficient (Wildman–Crippen LogP) is -2.02. The van der Waals surface area contributed by atoms with Crippen LogP contribution in [0, 0.1) is 10.1 Å². The Morgan fingerprint density at radius 3 is 2.20 bits per heavy atom. The molecule has 0 aromatic carbocycles. The Morgan fingerprint density at radius 2 is 1.90 bits per heavy atom. The second-order valence-electron chi connectivity index (χ2n) is 1.83. The molecule has 0 saturated carbocycles. The van der Waals surface area contributed by atoms with Gasteiger partial charge >= 0.3 is 0 Å². The molecule has 2 atom stereocenters. The van der Waals surface area contributed by atoms with E-state index in [1.807, 2.05) is 0 Å². The second kappa shape index (κ2) is 4.15. The number of hydrogen-bond acceptors (Lipinski definition) is 5. The molecule has 0 fully saturated rings. The van der Waals surface area contributed by atoms with Crippen molar-refractivity contribution >= 4 is 0 Å². The fraction of sp³-hybridized carbons (Fsp3) is 1.00. The molecule has 60 valence electrons. The average molecular weight is 151 g/mol. The number of aliphatic hydroxyl groups excluding tert-OH is 3. The molecular weight excluding hydrogens is 142 g/mol. The van der Waals surface area contributed by atoms with Crippen molar-refractivity contribution in [2.45, 2.75) is 12.2 Å². The topological polar surface area (TPSA) is 104 Å². The lowest BCUT2D eigenvalue weighted by Gasteiger charge is -2.09. The molecule has 6 heteroatoms. The van der Waals surface area contributed by atoms with Crippen LogP contribution in [0.4, 0.5) is 0 Å². The van der Waals surface area contributed by atoms with Crippen molar-refractivity contribution in [1.82, 2.24) is 0 Å². The molecule has 0 amide bonds. The van der Waals surface area contributed by atoms with E-state index in [1.165, 1.54) is 0 Å². The van der Waals surface area contributed by atoms with Crippen molar-refractivity contribution < 1.29 is 20.2 Å². The first kappa shape index (κ1) is 9.28. The van der Waals surface area contributed by atoms with Crippen LogP contribution in [0.15, 0.2) is 0 Å². The van der Waals surface area contributed by atoms with Gasteiger partial charge in [-0.25, -0.2) is 0 Å². The van der Waals surface area contributed by atoms with Crippen LogP contribution >= 0.6 is 0 Å². The summed E-state index contributed by atoms with van der Waals surface area (Å²) in [6.45, 7) is -1.42. The highest BCUT2D eigenvalue weighted by Crippen LogP contribution is 1.91. The maximum absolute atomic E-state index is 9.68. The van der Waals surface area contributed by atoms with Crippen molar-refractivity contribution in [1.29, 1.82) is 0 Å². The maximum Gasteiger partial charge on any atom is 0.232 e. The van der Waals surface area contributed by atoms with E-state index >= 15 is 0 Å². The van der Waals surface area contributed by atoms with Gasteiger partial charge in [-0.05, 0) is 0 Å². The summed E-state index contributed by atoms with van der Waals surface area (Å²) in [7, 11) is 0. The Labute approximate surface area is 56.9 Å². The van der Waals surface area contributed by atoms with E-state index in [-0.39, 0.29) is 0 Å². The zero-order chi connectivity index (χ0) is 8.15. The van der Waals surface area contributed by atoms with Gasteiger partial charge in [-0.3, -0.25) is 10.1 Å². The Kier molecular flexibility index (Phi) is 3.85. The van der Waals surface area contributed by atoms with Gasteiger partial charge in [0.25, 0.3) is 0 Å². The quantitative estimate of drug-likeness (QED) is 0.317. The average Bonchev–Trinajstić information content (AvgIpc) is 1.85. The monoisotopic (exact) mass is 151 g/mol. The summed E-state index contributed by atoms with van der Waals surface area (Å²) in [4.78, 5) is 8.92. The highest BCUT2D eigenvalue weighted by atomic mass is 16.6. The summed E-state index contributed by atoms with van der Waals surface area (Å²) < 4.78 is 0. The van der Waals surface area contributed by atoms with Crippen LogP contribution < -0.4 is 0 Å². The van der Waals surface area contributed by atoms with Crippen LogP contribution in [-0.4, -0.2) is 45.6 Å². The van der Waals surface area contributed by atoms with Gasteiger partial charge in [0.05, 0.1) is 6.61 Å². The molecule has 0 unspecified atom stereocenters. The first-order valence-corrected chi connectivity index (χ1v) is 2.66. The lowest BCUT2D eigenvalue weighted by Crippen LogP contribution is -2.35. The van der Waals surface area contributed by atoms with Gasteiger partial charge in [-0.1, -0.05) is 0 Å². The molecule has 6 nitrogen and oxygen atoms in total. The van der Waals surface area contributed by atoms with Crippen LogP contribution in [0.2, 0.25) is 0 Å². The van der Waals surface area contributed by atoms with Gasteiger partial charge in [-0.2, -0.15) is 0 Å². The molecular formula is C4H9NO5. The van der Waals surface area contributed by atoms with Crippen molar-refractivity contribution in [2.75, 3.05) is 13.2 Å². The van der Waals surface area contributed by atoms with E-state index in [4.69, 9.17) is 15.3 Å². The minimum Gasteiger partial charge on any atom is -0.394 e. The van der Waals surface area contributed by atoms with Crippen molar-refractivity contribution in [3.05, 3.63) is 10.1 Å². The second-order valence-corrected chi connectivity index (χ2v) is 1.83. The molecule has 0 heterocycles. The van der Waals surface area contributed by atoms with Crippen LogP contribution in [-0.2, 0) is 0 Å². The van der Waals surface area contributed by atoms with Crippen LogP contribution in [0.3, 0.4) is 0 Å². The molecule has 0 bridgehead atoms. The summed E-state index contributed by atoms with van der Waals surface area (Å²) >= 11 is 0. The Morgan fingerprint density at radius 1 is 1.40 bits per heavy atom. The molecule has 0 saturated heterocycles. The van der Waals surface area contributed by atoms with E-state index in [0.717, 1.165) is 0 Å². The number of hydrogen-bond donors (Lipinski definition) is 3. The third-order valence-corrected chi connectivity index (χ3v) is 0.967. The molecule has 0 aromatic heterocycles. The van der Waals surface area contributed by atoms with Gasteiger partial charge in [0.2, 0.25) is 6.54 Å². The predicted molar refractivity (Wildman–Crippen MR) is 31.0 cm³/mol. The fourth-order valence-corrected chi connectivity index (χ4v) is 0.396. The number of rotatable bonds is 4. The van der Waals surface area contributed by atoms with E-state index < -0.39 is 30.3 Å². The van der Waals surface area contributed by atoms with Crippen LogP contribution in [0.1, 0.15) is 0 Å². The summed E-state index contributed by atoms with van der Waals surface area (Å²) in [5, 5.41) is 35.1. The molecule has 0 aliphatic heterocycles. The summed E-state index contributed by atoms with van der Waals surface area (Å²) in [6, 6.07) is 0. The molecule has 10 heavy (non-hydrogen) atoms. The van der Waals surface area contributed by atoms with Crippen molar-refractivity contribution in [3.8, 4) is 0 Å². The fourth-order valence-electron chi connectivity index (χ4n) is 0.396. The minimum atomic E-state index is -1.49. The number of nitrogens with zero attached hydrogens (tertiary/aromatic N) is 1. The van der Waals surface area contributed by atoms with Gasteiger partial charge in [0, 0.05) is 4.92 Å². The molecule has 0 aliphatic carbocycles. The summed E-state index contributed by atoms with van der Waals surface area (Å²) in [6.07, 6.45) is -2.91. The van der Waals surface area contributed by atoms with E-state index in [9.17, 15) is 10.1 Å². The van der Waals surface area contributed by atoms with Crippen LogP contribution in [0.5, 0.6) is 0 Å². The van der Waals surface area contributed by atoms with Gasteiger partial charge < -0.3 is 15.3 Å². The number of aliphatic hydroxyl groups is 3. The smallest absolute Gasteiger partial charge is 0.232 e. The highest BCUT2D eigenvalue weighted by Gasteiger charge is 2.19. The Balaban J connectivity index is 3.61. The standard InChI is InChI=1S/C4H9NO5/c6-2-4(8)3(7)1-5(9)10/h3-4,6-8H,1-2H2/t3-,4-/m0/s1. The van der Waals surface area contributed by atoms with Gasteiger partial charge in [0.1, 0.15) is 12.2 Å². The third kappa shape index (κ3) is 3.33. The Bertz CT molecular complexity index is 116. The number of nitro groups is 1. The van der Waals surface area contributed by atoms with Crippen LogP contribution in [0.25, 0.3) is 0 Å². The zero-order valence-corrected chi connectivity index (χ0v) is 5.17. The lowest BCUT2D eigenvalue weighted by atomic mass is 10.2. The van der Waals surface area contributed by atoms with Crippen molar-refractivity contribution in [2.24, 2.45) is 0 Å². The first-order chi connectivity index (χ1) is 4.57. The maximum atomic E-state index is 9.68. The van der Waals surface area contributed by atoms with Gasteiger partial charge in [0.15, 0.2) is 0 Å². The summed E-state index contributed by atoms with van der Waals surface area (Å²) in [5.74, 6) is 0. The molecule has 0 rings (SSSR count). The zero-order valence-electron chi connectivity index (χ0n) is 5.17. The van der Waals surface area contributed by atoms with E-state index in [2.05, 4.69) is 0 Å². The van der Waals surface area contributed by atoms with Crippen molar-refractivity contribution in [3.63, 3.8) is 0 Å². The van der Waals surface area contributed by atoms with E-state index in [1.54, 1.807) is 0 Å². The third-order valence-electron chi connectivity index (χ3n) is 0.967. The summed E-state index contributed by atoms with van der Waals surface area (Å²) in [5.41, 5.74) is 0. The van der Waals surface area contributed by atoms with Gasteiger partial charge in [-0.15, -0.1) is 0 Å². The first-order valence-electron chi connectivity index (χ1n) is 2.66. The molecule has 3 N–H and O–H groups in total. The molecule has 0 radical (unpaired) electrons. The molecule has 0 aromatic rings. The largest absolute Gasteiger partial charge is 0.394 e. The highest BCUT2D eigenvalue weighted by molar-refractivity contribution is 4.63. The Hall–Kier alpha value is -0.720. The molecule has 0 aliphatic rings. The minimum absolute atomic E-state index is 0.672. The SMILES string of the molecule is O=[N+]([O-])C[C@H](O)[C@@H](O)CO. The molecule has 0 spiro atoms.